The lowest BCUT2D eigenvalue weighted by atomic mass is 10.4. The smallest absolute Gasteiger partial charge is 0.218 e. The normalized spacial score (nSPS) is 16.7. The second-order valence-corrected chi connectivity index (χ2v) is 1.58. The van der Waals surface area contributed by atoms with E-state index in [1.807, 2.05) is 0 Å². The number of carbonyl (C=O) groups excluding carboxylic acids is 1. The summed E-state index contributed by atoms with van der Waals surface area (Å²) in [6.07, 6.45) is 0.947. The first-order valence-corrected chi connectivity index (χ1v) is 2.46. The summed E-state index contributed by atoms with van der Waals surface area (Å²) in [5.41, 5.74) is 5.01. The third-order valence-electron chi connectivity index (χ3n) is 0.909. The summed E-state index contributed by atoms with van der Waals surface area (Å²) in [4.78, 5) is 13.2. The van der Waals surface area contributed by atoms with Gasteiger partial charge in [-0.1, -0.05) is 0 Å². The third-order valence-corrected chi connectivity index (χ3v) is 0.909. The highest BCUT2D eigenvalue weighted by molar-refractivity contribution is 5.96. The van der Waals surface area contributed by atoms with Gasteiger partial charge in [0, 0.05) is 6.20 Å². The Kier molecular flexibility index (Phi) is 1.51. The van der Waals surface area contributed by atoms with Crippen molar-refractivity contribution in [2.45, 2.75) is 0 Å². The van der Waals surface area contributed by atoms with Gasteiger partial charge in [-0.15, -0.1) is 0 Å². The van der Waals surface area contributed by atoms with Gasteiger partial charge in [-0.3, -0.25) is 0 Å². The van der Waals surface area contributed by atoms with Crippen molar-refractivity contribution in [2.24, 2.45) is 10.7 Å². The maximum atomic E-state index is 12.3. The monoisotopic (exact) mass is 141 g/mol. The summed E-state index contributed by atoms with van der Waals surface area (Å²) in [6.45, 7) is 0. The van der Waals surface area contributed by atoms with Crippen molar-refractivity contribution in [1.82, 2.24) is 5.32 Å². The molecule has 0 aromatic rings. The number of aliphatic imine (C=N–C) groups is 1. The highest BCUT2D eigenvalue weighted by Crippen LogP contribution is 2.02. The number of hydrogen-bond acceptors (Lipinski definition) is 4. The van der Waals surface area contributed by atoms with Crippen LogP contribution in [0.3, 0.4) is 0 Å². The van der Waals surface area contributed by atoms with Crippen LogP contribution >= 0.6 is 0 Å². The van der Waals surface area contributed by atoms with E-state index in [0.29, 0.717) is 0 Å². The van der Waals surface area contributed by atoms with Gasteiger partial charge in [0.15, 0.2) is 17.6 Å². The van der Waals surface area contributed by atoms with Crippen molar-refractivity contribution in [1.29, 1.82) is 0 Å². The predicted octanol–water partition coefficient (Wildman–Crippen LogP) is -0.569. The van der Waals surface area contributed by atoms with Gasteiger partial charge >= 0.3 is 0 Å². The molecule has 1 heterocycles. The van der Waals surface area contributed by atoms with Crippen LogP contribution in [0.2, 0.25) is 0 Å². The van der Waals surface area contributed by atoms with Gasteiger partial charge in [0.2, 0.25) is 5.82 Å². The number of nitrogens with two attached hydrogens (primary N) is 1. The summed E-state index contributed by atoms with van der Waals surface area (Å²) in [7, 11) is 0. The van der Waals surface area contributed by atoms with E-state index in [9.17, 15) is 9.18 Å². The molecule has 3 N–H and O–H groups in total. The zero-order chi connectivity index (χ0) is 7.56. The molecule has 10 heavy (non-hydrogen) atoms. The minimum absolute atomic E-state index is 0.112. The van der Waals surface area contributed by atoms with Crippen LogP contribution in [0.4, 0.5) is 4.39 Å². The molecule has 0 bridgehead atoms. The molecule has 0 aromatic heterocycles. The van der Waals surface area contributed by atoms with Crippen LogP contribution in [-0.2, 0) is 4.79 Å². The SMILES string of the molecule is NC1=NC(=C=O)NC=C1F. The van der Waals surface area contributed by atoms with E-state index in [1.54, 1.807) is 0 Å². The number of halogens is 1. The predicted molar refractivity (Wildman–Crippen MR) is 33.2 cm³/mol. The Balaban J connectivity index is 2.97. The van der Waals surface area contributed by atoms with Crippen molar-refractivity contribution in [2.75, 3.05) is 0 Å². The number of nitrogens with one attached hydrogen (secondary N) is 1. The van der Waals surface area contributed by atoms with Gasteiger partial charge in [-0.2, -0.15) is 0 Å². The molecule has 0 saturated heterocycles. The van der Waals surface area contributed by atoms with Crippen LogP contribution in [0, 0.1) is 0 Å². The Bertz CT molecular complexity index is 262. The third kappa shape index (κ3) is 1.04. The molecule has 1 rings (SSSR count). The summed E-state index contributed by atoms with van der Waals surface area (Å²) in [5, 5.41) is 2.24. The second-order valence-electron chi connectivity index (χ2n) is 1.58. The standard InChI is InChI=1S/C5H4FN3O/c6-3-1-8-4(2-10)9-5(3)7/h1,8H,(H2,7,9). The highest BCUT2D eigenvalue weighted by atomic mass is 19.1. The first-order valence-electron chi connectivity index (χ1n) is 2.46. The topological polar surface area (TPSA) is 67.5 Å². The molecule has 0 unspecified atom stereocenters. The summed E-state index contributed by atoms with van der Waals surface area (Å²) in [5.74, 6) is 0.330. The fourth-order valence-corrected chi connectivity index (χ4v) is 0.464. The molecule has 0 aliphatic carbocycles. The molecule has 52 valence electrons. The quantitative estimate of drug-likeness (QED) is 0.444. The van der Waals surface area contributed by atoms with E-state index in [1.165, 1.54) is 5.94 Å². The molecule has 0 spiro atoms. The average molecular weight is 141 g/mol. The number of nitrogens with zero attached hydrogens (tertiary/aromatic N) is 1. The minimum atomic E-state index is -0.681. The number of amidine groups is 1. The Morgan fingerprint density at radius 2 is 2.50 bits per heavy atom. The zero-order valence-electron chi connectivity index (χ0n) is 4.89. The Hall–Kier alpha value is -1.61. The second kappa shape index (κ2) is 2.33. The lowest BCUT2D eigenvalue weighted by Gasteiger charge is -2.04. The maximum absolute atomic E-state index is 12.3. The lowest BCUT2D eigenvalue weighted by molar-refractivity contribution is 0.565. The molecule has 0 amide bonds. The fraction of sp³-hybridized carbons (Fsp3) is 0. The van der Waals surface area contributed by atoms with Gasteiger partial charge in [-0.25, -0.2) is 14.2 Å². The molecule has 0 aromatic carbocycles. The molecule has 0 radical (unpaired) electrons. The minimum Gasteiger partial charge on any atom is -0.381 e. The van der Waals surface area contributed by atoms with Gasteiger partial charge in [-0.05, 0) is 0 Å². The van der Waals surface area contributed by atoms with E-state index in [0.717, 1.165) is 6.20 Å². The van der Waals surface area contributed by atoms with Crippen LogP contribution in [0.15, 0.2) is 22.8 Å². The van der Waals surface area contributed by atoms with Crippen LogP contribution in [0.1, 0.15) is 0 Å². The van der Waals surface area contributed by atoms with E-state index in [2.05, 4.69) is 10.3 Å². The maximum Gasteiger partial charge on any atom is 0.218 e. The number of rotatable bonds is 0. The van der Waals surface area contributed by atoms with E-state index < -0.39 is 5.83 Å². The van der Waals surface area contributed by atoms with E-state index >= 15 is 0 Å². The zero-order valence-corrected chi connectivity index (χ0v) is 4.89. The Labute approximate surface area is 55.9 Å². The number of hydrogen-bond donors (Lipinski definition) is 2. The van der Waals surface area contributed by atoms with Crippen molar-refractivity contribution in [3.05, 3.63) is 17.8 Å². The first kappa shape index (κ1) is 6.51. The van der Waals surface area contributed by atoms with Gasteiger partial charge in [0.25, 0.3) is 0 Å². The van der Waals surface area contributed by atoms with Crippen molar-refractivity contribution < 1.29 is 9.18 Å². The molecular weight excluding hydrogens is 137 g/mol. The summed E-state index contributed by atoms with van der Waals surface area (Å²) >= 11 is 0. The molecule has 5 heteroatoms. The molecule has 4 nitrogen and oxygen atoms in total. The highest BCUT2D eigenvalue weighted by Gasteiger charge is 2.07. The Morgan fingerprint density at radius 1 is 1.80 bits per heavy atom. The van der Waals surface area contributed by atoms with Crippen LogP contribution in [0.25, 0.3) is 0 Å². The van der Waals surface area contributed by atoms with Crippen LogP contribution in [0.5, 0.6) is 0 Å². The van der Waals surface area contributed by atoms with Crippen molar-refractivity contribution in [3.63, 3.8) is 0 Å². The van der Waals surface area contributed by atoms with Crippen molar-refractivity contribution in [3.8, 4) is 0 Å². The molecule has 1 aliphatic rings. The largest absolute Gasteiger partial charge is 0.381 e. The molecule has 0 atom stereocenters. The molecule has 0 fully saturated rings. The van der Waals surface area contributed by atoms with Crippen LogP contribution in [-0.4, -0.2) is 11.8 Å². The summed E-state index contributed by atoms with van der Waals surface area (Å²) < 4.78 is 12.3. The van der Waals surface area contributed by atoms with Crippen LogP contribution < -0.4 is 11.1 Å². The molecular formula is C5H4FN3O. The Morgan fingerprint density at radius 3 is 3.00 bits per heavy atom. The lowest BCUT2D eigenvalue weighted by Crippen LogP contribution is -2.21. The van der Waals surface area contributed by atoms with Gasteiger partial charge in [0.1, 0.15) is 0 Å². The average Bonchev–Trinajstić information content (AvgIpc) is 1.95. The van der Waals surface area contributed by atoms with Gasteiger partial charge in [0.05, 0.1) is 0 Å². The van der Waals surface area contributed by atoms with Gasteiger partial charge < -0.3 is 11.1 Å². The van der Waals surface area contributed by atoms with E-state index in [-0.39, 0.29) is 11.7 Å². The first-order chi connectivity index (χ1) is 4.74. The summed E-state index contributed by atoms with van der Waals surface area (Å²) in [6, 6.07) is 0. The van der Waals surface area contributed by atoms with E-state index in [4.69, 9.17) is 5.73 Å². The van der Waals surface area contributed by atoms with Crippen molar-refractivity contribution >= 4 is 11.8 Å². The molecule has 1 aliphatic heterocycles. The molecule has 0 saturated carbocycles. The fourth-order valence-electron chi connectivity index (χ4n) is 0.464.